The van der Waals surface area contributed by atoms with Crippen molar-refractivity contribution in [3.63, 3.8) is 0 Å². The molecule has 0 aliphatic heterocycles. The Bertz CT molecular complexity index is 653. The summed E-state index contributed by atoms with van der Waals surface area (Å²) in [6.45, 7) is 4.92. The summed E-state index contributed by atoms with van der Waals surface area (Å²) in [6, 6.07) is 14.3. The smallest absolute Gasteiger partial charge is 0.255 e. The number of hydrogen-bond acceptors (Lipinski definition) is 4. The summed E-state index contributed by atoms with van der Waals surface area (Å²) >= 11 is 0. The molecule has 0 fully saturated rings. The van der Waals surface area contributed by atoms with Gasteiger partial charge in [-0.15, -0.1) is 0 Å². The number of anilines is 1. The van der Waals surface area contributed by atoms with E-state index in [-0.39, 0.29) is 12.0 Å². The molecule has 24 heavy (non-hydrogen) atoms. The molecule has 0 bridgehead atoms. The predicted molar refractivity (Wildman–Crippen MR) is 94.0 cm³/mol. The topological polar surface area (TPSA) is 56.8 Å². The van der Waals surface area contributed by atoms with E-state index >= 15 is 0 Å². The maximum Gasteiger partial charge on any atom is 0.255 e. The van der Waals surface area contributed by atoms with Crippen LogP contribution in [0.25, 0.3) is 0 Å². The quantitative estimate of drug-likeness (QED) is 0.749. The highest BCUT2D eigenvalue weighted by Crippen LogP contribution is 2.20. The number of amides is 1. The molecule has 5 heteroatoms. The van der Waals surface area contributed by atoms with E-state index in [1.165, 1.54) is 0 Å². The van der Waals surface area contributed by atoms with E-state index < -0.39 is 0 Å². The lowest BCUT2D eigenvalue weighted by molar-refractivity contribution is 0.102. The van der Waals surface area contributed by atoms with Gasteiger partial charge < -0.3 is 19.5 Å². The number of ether oxygens (including phenoxy) is 3. The fourth-order valence-corrected chi connectivity index (χ4v) is 2.07. The molecule has 0 radical (unpaired) electrons. The Hall–Kier alpha value is -2.53. The Morgan fingerprint density at radius 3 is 2.46 bits per heavy atom. The zero-order valence-electron chi connectivity index (χ0n) is 14.2. The van der Waals surface area contributed by atoms with Crippen LogP contribution in [0.5, 0.6) is 11.5 Å². The minimum absolute atomic E-state index is 0.0848. The Balaban J connectivity index is 1.96. The fraction of sp³-hybridized carbons (Fsp3) is 0.316. The van der Waals surface area contributed by atoms with Crippen LogP contribution < -0.4 is 14.8 Å². The molecule has 0 unspecified atom stereocenters. The van der Waals surface area contributed by atoms with Gasteiger partial charge in [-0.3, -0.25) is 4.79 Å². The SMILES string of the molecule is COCCOc1ccc(C(=O)Nc2cccc(OC(C)C)c2)cc1. The van der Waals surface area contributed by atoms with Crippen molar-refractivity contribution >= 4 is 11.6 Å². The molecule has 5 nitrogen and oxygen atoms in total. The van der Waals surface area contributed by atoms with E-state index in [1.807, 2.05) is 32.0 Å². The van der Waals surface area contributed by atoms with Gasteiger partial charge >= 0.3 is 0 Å². The fourth-order valence-electron chi connectivity index (χ4n) is 2.07. The molecule has 128 valence electrons. The second-order valence-electron chi connectivity index (χ2n) is 5.51. The normalized spacial score (nSPS) is 10.5. The number of carbonyl (C=O) groups is 1. The van der Waals surface area contributed by atoms with E-state index in [0.29, 0.717) is 30.2 Å². The highest BCUT2D eigenvalue weighted by atomic mass is 16.5. The molecule has 2 aromatic rings. The minimum atomic E-state index is -0.180. The molecule has 0 heterocycles. The van der Waals surface area contributed by atoms with Crippen molar-refractivity contribution in [3.8, 4) is 11.5 Å². The lowest BCUT2D eigenvalue weighted by Crippen LogP contribution is -2.12. The molecule has 1 N–H and O–H groups in total. The van der Waals surface area contributed by atoms with Gasteiger partial charge in [0.1, 0.15) is 18.1 Å². The van der Waals surface area contributed by atoms with Gasteiger partial charge in [-0.05, 0) is 50.2 Å². The third-order valence-electron chi connectivity index (χ3n) is 3.14. The summed E-state index contributed by atoms with van der Waals surface area (Å²) in [5.74, 6) is 1.25. The van der Waals surface area contributed by atoms with Crippen LogP contribution in [0.15, 0.2) is 48.5 Å². The average Bonchev–Trinajstić information content (AvgIpc) is 2.55. The first-order chi connectivity index (χ1) is 11.6. The number of benzene rings is 2. The van der Waals surface area contributed by atoms with Crippen LogP contribution in [0, 0.1) is 0 Å². The van der Waals surface area contributed by atoms with E-state index in [9.17, 15) is 4.79 Å². The zero-order chi connectivity index (χ0) is 17.4. The number of nitrogens with one attached hydrogen (secondary N) is 1. The lowest BCUT2D eigenvalue weighted by atomic mass is 10.2. The highest BCUT2D eigenvalue weighted by Gasteiger charge is 2.07. The zero-order valence-corrected chi connectivity index (χ0v) is 14.2. The summed E-state index contributed by atoms with van der Waals surface area (Å²) in [5.41, 5.74) is 1.25. The van der Waals surface area contributed by atoms with E-state index in [0.717, 1.165) is 5.75 Å². The second-order valence-corrected chi connectivity index (χ2v) is 5.51. The molecule has 0 aromatic heterocycles. The van der Waals surface area contributed by atoms with Crippen LogP contribution in [0.3, 0.4) is 0 Å². The van der Waals surface area contributed by atoms with E-state index in [4.69, 9.17) is 14.2 Å². The Morgan fingerprint density at radius 2 is 1.79 bits per heavy atom. The largest absolute Gasteiger partial charge is 0.491 e. The molecule has 1 amide bonds. The van der Waals surface area contributed by atoms with Crippen LogP contribution in [-0.4, -0.2) is 32.3 Å². The van der Waals surface area contributed by atoms with Gasteiger partial charge in [0.05, 0.1) is 12.7 Å². The molecular formula is C19H23NO4. The monoisotopic (exact) mass is 329 g/mol. The average molecular weight is 329 g/mol. The molecule has 2 aromatic carbocycles. The van der Waals surface area contributed by atoms with Crippen LogP contribution in [0.1, 0.15) is 24.2 Å². The molecule has 0 aliphatic carbocycles. The van der Waals surface area contributed by atoms with Crippen molar-refractivity contribution in [2.45, 2.75) is 20.0 Å². The van der Waals surface area contributed by atoms with Crippen molar-refractivity contribution in [2.75, 3.05) is 25.6 Å². The third-order valence-corrected chi connectivity index (χ3v) is 3.14. The van der Waals surface area contributed by atoms with Gasteiger partial charge in [-0.1, -0.05) is 6.07 Å². The first-order valence-electron chi connectivity index (χ1n) is 7.88. The van der Waals surface area contributed by atoms with Gasteiger partial charge in [0.15, 0.2) is 0 Å². The van der Waals surface area contributed by atoms with Crippen molar-refractivity contribution in [2.24, 2.45) is 0 Å². The summed E-state index contributed by atoms with van der Waals surface area (Å²) in [7, 11) is 1.62. The molecule has 2 rings (SSSR count). The van der Waals surface area contributed by atoms with Gasteiger partial charge in [-0.2, -0.15) is 0 Å². The number of methoxy groups -OCH3 is 1. The molecule has 0 saturated carbocycles. The Kier molecular flexibility index (Phi) is 6.63. The summed E-state index contributed by atoms with van der Waals surface area (Å²) in [6.07, 6.45) is 0.0848. The molecule has 0 saturated heterocycles. The summed E-state index contributed by atoms with van der Waals surface area (Å²) < 4.78 is 16.0. The Morgan fingerprint density at radius 1 is 1.04 bits per heavy atom. The molecule has 0 aliphatic rings. The van der Waals surface area contributed by atoms with E-state index in [1.54, 1.807) is 37.4 Å². The predicted octanol–water partition coefficient (Wildman–Crippen LogP) is 3.75. The van der Waals surface area contributed by atoms with Crippen molar-refractivity contribution in [3.05, 3.63) is 54.1 Å². The first kappa shape index (κ1) is 17.8. The maximum atomic E-state index is 12.3. The van der Waals surface area contributed by atoms with Gasteiger partial charge in [0.25, 0.3) is 5.91 Å². The van der Waals surface area contributed by atoms with Crippen LogP contribution in [0.4, 0.5) is 5.69 Å². The van der Waals surface area contributed by atoms with Crippen molar-refractivity contribution in [1.82, 2.24) is 0 Å². The summed E-state index contributed by atoms with van der Waals surface area (Å²) in [5, 5.41) is 2.86. The molecule has 0 atom stereocenters. The lowest BCUT2D eigenvalue weighted by Gasteiger charge is -2.12. The van der Waals surface area contributed by atoms with Crippen LogP contribution in [0.2, 0.25) is 0 Å². The standard InChI is InChI=1S/C19H23NO4/c1-14(2)24-18-6-4-5-16(13-18)20-19(21)15-7-9-17(10-8-15)23-12-11-22-3/h4-10,13-14H,11-12H2,1-3H3,(H,20,21). The van der Waals surface area contributed by atoms with Gasteiger partial charge in [0.2, 0.25) is 0 Å². The number of hydrogen-bond donors (Lipinski definition) is 1. The number of carbonyl (C=O) groups excluding carboxylic acids is 1. The highest BCUT2D eigenvalue weighted by molar-refractivity contribution is 6.04. The summed E-state index contributed by atoms with van der Waals surface area (Å²) in [4.78, 5) is 12.3. The molecule has 0 spiro atoms. The minimum Gasteiger partial charge on any atom is -0.491 e. The van der Waals surface area contributed by atoms with Crippen molar-refractivity contribution < 1.29 is 19.0 Å². The first-order valence-corrected chi connectivity index (χ1v) is 7.88. The van der Waals surface area contributed by atoms with E-state index in [2.05, 4.69) is 5.32 Å². The van der Waals surface area contributed by atoms with Crippen LogP contribution >= 0.6 is 0 Å². The van der Waals surface area contributed by atoms with Crippen LogP contribution in [-0.2, 0) is 4.74 Å². The number of rotatable bonds is 8. The van der Waals surface area contributed by atoms with Gasteiger partial charge in [-0.25, -0.2) is 0 Å². The Labute approximate surface area is 142 Å². The van der Waals surface area contributed by atoms with Gasteiger partial charge in [0, 0.05) is 24.4 Å². The van der Waals surface area contributed by atoms with Crippen molar-refractivity contribution in [1.29, 1.82) is 0 Å². The maximum absolute atomic E-state index is 12.3. The second kappa shape index (κ2) is 8.93. The third kappa shape index (κ3) is 5.59. The molecular weight excluding hydrogens is 306 g/mol.